The van der Waals surface area contributed by atoms with Crippen molar-refractivity contribution in [3.63, 3.8) is 0 Å². The predicted octanol–water partition coefficient (Wildman–Crippen LogP) is 3.46. The van der Waals surface area contributed by atoms with Gasteiger partial charge in [0.25, 0.3) is 5.91 Å². The number of aliphatic carboxylic acids is 1. The molecule has 9 heteroatoms. The number of hydrogen-bond donors (Lipinski definition) is 1. The van der Waals surface area contributed by atoms with Crippen LogP contribution in [-0.4, -0.2) is 47.8 Å². The summed E-state index contributed by atoms with van der Waals surface area (Å²) in [5.41, 5.74) is 0.0212. The number of likely N-dealkylation sites (tertiary alicyclic amines) is 1. The van der Waals surface area contributed by atoms with Gasteiger partial charge < -0.3 is 14.7 Å². The number of carboxylic acids is 1. The van der Waals surface area contributed by atoms with Gasteiger partial charge in [0.1, 0.15) is 5.75 Å². The highest BCUT2D eigenvalue weighted by Gasteiger charge is 2.53. The number of nitrogens with zero attached hydrogens (tertiary/aromatic N) is 1. The van der Waals surface area contributed by atoms with Gasteiger partial charge in [0.2, 0.25) is 0 Å². The van der Waals surface area contributed by atoms with E-state index in [2.05, 4.69) is 0 Å². The van der Waals surface area contributed by atoms with Gasteiger partial charge in [-0.3, -0.25) is 9.59 Å². The van der Waals surface area contributed by atoms with E-state index in [4.69, 9.17) is 21.4 Å². The molecule has 1 saturated heterocycles. The molecule has 0 aliphatic carbocycles. The lowest BCUT2D eigenvalue weighted by atomic mass is 9.96. The fourth-order valence-electron chi connectivity index (χ4n) is 2.73. The van der Waals surface area contributed by atoms with E-state index in [1.165, 1.54) is 18.2 Å². The molecule has 1 fully saturated rings. The zero-order chi connectivity index (χ0) is 18.8. The van der Waals surface area contributed by atoms with Crippen molar-refractivity contribution in [3.05, 3.63) is 28.8 Å². The van der Waals surface area contributed by atoms with Crippen LogP contribution in [0.3, 0.4) is 0 Å². The van der Waals surface area contributed by atoms with Crippen molar-refractivity contribution in [1.82, 2.24) is 4.90 Å². The minimum atomic E-state index is -4.70. The van der Waals surface area contributed by atoms with Crippen LogP contribution < -0.4 is 4.74 Å². The molecule has 1 aromatic carbocycles. The van der Waals surface area contributed by atoms with Crippen LogP contribution in [0.2, 0.25) is 5.02 Å². The Labute approximate surface area is 147 Å². The highest BCUT2D eigenvalue weighted by molar-refractivity contribution is 6.31. The lowest BCUT2D eigenvalue weighted by Gasteiger charge is -2.19. The van der Waals surface area contributed by atoms with Crippen molar-refractivity contribution in [3.8, 4) is 5.75 Å². The Morgan fingerprint density at radius 2 is 2.04 bits per heavy atom. The first-order valence-corrected chi connectivity index (χ1v) is 8.04. The molecule has 1 aliphatic heterocycles. The number of alkyl halides is 3. The molecule has 0 spiro atoms. The van der Waals surface area contributed by atoms with Gasteiger partial charge in [0.05, 0.1) is 24.0 Å². The van der Waals surface area contributed by atoms with Crippen LogP contribution >= 0.6 is 11.6 Å². The van der Waals surface area contributed by atoms with E-state index in [0.29, 0.717) is 13.0 Å². The fraction of sp³-hybridized carbons (Fsp3) is 0.500. The van der Waals surface area contributed by atoms with Crippen LogP contribution in [0.1, 0.15) is 23.7 Å². The van der Waals surface area contributed by atoms with E-state index in [-0.39, 0.29) is 16.3 Å². The number of carboxylic acid groups (broad SMARTS) is 1. The summed E-state index contributed by atoms with van der Waals surface area (Å²) < 4.78 is 44.7. The normalized spacial score (nSPS) is 20.6. The molecule has 1 heterocycles. The summed E-state index contributed by atoms with van der Waals surface area (Å²) >= 11 is 5.88. The summed E-state index contributed by atoms with van der Waals surface area (Å²) in [6.07, 6.45) is -4.02. The Balaban J connectivity index is 2.29. The first-order valence-electron chi connectivity index (χ1n) is 7.66. The molecule has 1 N–H and O–H groups in total. The molecular formula is C16H17ClF3NO4. The van der Waals surface area contributed by atoms with Gasteiger partial charge in [-0.2, -0.15) is 13.2 Å². The number of halogens is 4. The molecule has 1 aromatic rings. The van der Waals surface area contributed by atoms with Gasteiger partial charge in [-0.15, -0.1) is 0 Å². The smallest absolute Gasteiger partial charge is 0.394 e. The lowest BCUT2D eigenvalue weighted by Crippen LogP contribution is -2.34. The average molecular weight is 380 g/mol. The first-order chi connectivity index (χ1) is 11.6. The third kappa shape index (κ3) is 4.36. The summed E-state index contributed by atoms with van der Waals surface area (Å²) in [6, 6.07) is 4.29. The maximum Gasteiger partial charge on any atom is 0.394 e. The van der Waals surface area contributed by atoms with E-state index < -0.39 is 43.0 Å². The predicted molar refractivity (Wildman–Crippen MR) is 83.8 cm³/mol. The Morgan fingerprint density at radius 3 is 2.56 bits per heavy atom. The summed E-state index contributed by atoms with van der Waals surface area (Å²) in [7, 11) is 0. The van der Waals surface area contributed by atoms with E-state index in [9.17, 15) is 22.8 Å². The molecular weight excluding hydrogens is 363 g/mol. The first kappa shape index (κ1) is 19.4. The topological polar surface area (TPSA) is 66.8 Å². The zero-order valence-electron chi connectivity index (χ0n) is 13.3. The van der Waals surface area contributed by atoms with Crippen molar-refractivity contribution >= 4 is 23.5 Å². The monoisotopic (exact) mass is 379 g/mol. The Kier molecular flexibility index (Phi) is 5.82. The molecule has 1 aliphatic rings. The average Bonchev–Trinajstić information content (AvgIpc) is 2.99. The second-order valence-electron chi connectivity index (χ2n) is 5.79. The Bertz CT molecular complexity index is 665. The molecule has 138 valence electrons. The molecule has 25 heavy (non-hydrogen) atoms. The van der Waals surface area contributed by atoms with Crippen molar-refractivity contribution in [2.45, 2.75) is 19.5 Å². The fourth-order valence-corrected chi connectivity index (χ4v) is 2.90. The van der Waals surface area contributed by atoms with Crippen LogP contribution in [0.4, 0.5) is 13.2 Å². The van der Waals surface area contributed by atoms with E-state index in [1.54, 1.807) is 0 Å². The summed E-state index contributed by atoms with van der Waals surface area (Å²) in [6.45, 7) is 0.964. The van der Waals surface area contributed by atoms with Gasteiger partial charge in [-0.25, -0.2) is 0 Å². The molecule has 1 amide bonds. The molecule has 5 nitrogen and oxygen atoms in total. The number of rotatable bonds is 5. The van der Waals surface area contributed by atoms with Gasteiger partial charge in [0, 0.05) is 18.1 Å². The van der Waals surface area contributed by atoms with Crippen LogP contribution in [0.25, 0.3) is 0 Å². The second kappa shape index (κ2) is 7.51. The van der Waals surface area contributed by atoms with E-state index >= 15 is 0 Å². The van der Waals surface area contributed by atoms with E-state index in [0.717, 1.165) is 4.90 Å². The van der Waals surface area contributed by atoms with Crippen molar-refractivity contribution in [2.24, 2.45) is 11.8 Å². The summed E-state index contributed by atoms with van der Waals surface area (Å²) in [5.74, 6) is -5.90. The van der Waals surface area contributed by atoms with Gasteiger partial charge in [-0.05, 0) is 24.6 Å². The molecule has 0 bridgehead atoms. The summed E-state index contributed by atoms with van der Waals surface area (Å²) in [5, 5.41) is 9.28. The lowest BCUT2D eigenvalue weighted by molar-refractivity contribution is -0.187. The van der Waals surface area contributed by atoms with Crippen molar-refractivity contribution in [1.29, 1.82) is 0 Å². The molecule has 2 rings (SSSR count). The standard InChI is InChI=1S/C16H17ClF3NO4/c1-2-5-25-13-4-3-9(17)6-10(13)14(22)21-7-11(15(23)24)12(8-21)16(18,19)20/h3-4,6,11-12H,2,5,7-8H2,1H3,(H,23,24)/t11-,12-/m1/s1. The Morgan fingerprint density at radius 1 is 1.36 bits per heavy atom. The highest BCUT2D eigenvalue weighted by Crippen LogP contribution is 2.38. The zero-order valence-corrected chi connectivity index (χ0v) is 14.1. The van der Waals surface area contributed by atoms with Crippen molar-refractivity contribution < 1.29 is 32.6 Å². The van der Waals surface area contributed by atoms with Gasteiger partial charge in [0.15, 0.2) is 0 Å². The molecule has 2 atom stereocenters. The van der Waals surface area contributed by atoms with Crippen LogP contribution in [-0.2, 0) is 4.79 Å². The quantitative estimate of drug-likeness (QED) is 0.850. The number of ether oxygens (including phenoxy) is 1. The number of hydrogen-bond acceptors (Lipinski definition) is 3. The number of benzene rings is 1. The third-order valence-electron chi connectivity index (χ3n) is 3.98. The maximum atomic E-state index is 13.1. The highest BCUT2D eigenvalue weighted by atomic mass is 35.5. The molecule has 0 saturated carbocycles. The van der Waals surface area contributed by atoms with Gasteiger partial charge >= 0.3 is 12.1 Å². The van der Waals surface area contributed by atoms with Crippen LogP contribution in [0, 0.1) is 11.8 Å². The molecule has 0 aromatic heterocycles. The minimum Gasteiger partial charge on any atom is -0.493 e. The molecule has 0 radical (unpaired) electrons. The number of carbonyl (C=O) groups is 2. The van der Waals surface area contributed by atoms with Crippen LogP contribution in [0.5, 0.6) is 5.75 Å². The number of amides is 1. The SMILES string of the molecule is CCCOc1ccc(Cl)cc1C(=O)N1C[C@@H](C(F)(F)F)[C@H](C(=O)O)C1. The third-order valence-corrected chi connectivity index (χ3v) is 4.21. The van der Waals surface area contributed by atoms with Crippen LogP contribution in [0.15, 0.2) is 18.2 Å². The number of carbonyl (C=O) groups excluding carboxylic acids is 1. The van der Waals surface area contributed by atoms with Gasteiger partial charge in [-0.1, -0.05) is 18.5 Å². The van der Waals surface area contributed by atoms with Crippen molar-refractivity contribution in [2.75, 3.05) is 19.7 Å². The van der Waals surface area contributed by atoms with E-state index in [1.807, 2.05) is 6.92 Å². The minimum absolute atomic E-state index is 0.0212. The summed E-state index contributed by atoms with van der Waals surface area (Å²) in [4.78, 5) is 24.7. The maximum absolute atomic E-state index is 13.1. The molecule has 0 unspecified atom stereocenters. The second-order valence-corrected chi connectivity index (χ2v) is 6.23. The Hall–Kier alpha value is -1.96. The largest absolute Gasteiger partial charge is 0.493 e.